The lowest BCUT2D eigenvalue weighted by Crippen LogP contribution is -2.47. The molecule has 360 valence electrons. The van der Waals surface area contributed by atoms with Crippen LogP contribution < -0.4 is 27.1 Å². The van der Waals surface area contributed by atoms with Crippen molar-refractivity contribution in [3.05, 3.63) is 166 Å². The third-order valence-corrected chi connectivity index (χ3v) is 14.0. The highest BCUT2D eigenvalue weighted by atomic mass is 32.2. The SMILES string of the molecule is CCn1c(=O)c(-c2ccccc2)cc2cnc(Nc3ccc(CN4CCN(S(C)(=O)=O)CC4)cn3)cc21.CCn1c(=O)c(-c2ccccc2)cc2cnc(Nc3ccc(CN4CCNCC4)cn3)cc21. The smallest absolute Gasteiger partial charge is 0.258 e. The maximum atomic E-state index is 13.2. The molecule has 16 nitrogen and oxygen atoms in total. The molecule has 8 heterocycles. The zero-order valence-electron chi connectivity index (χ0n) is 39.8. The molecular weight excluding hydrogens is 901 g/mol. The number of nitrogens with zero attached hydrogens (tertiary/aromatic N) is 9. The van der Waals surface area contributed by atoms with Crippen LogP contribution in [-0.4, -0.2) is 110 Å². The van der Waals surface area contributed by atoms with Gasteiger partial charge in [-0.25, -0.2) is 28.4 Å². The number of pyridine rings is 6. The molecule has 0 amide bonds. The van der Waals surface area contributed by atoms with Crippen molar-refractivity contribution in [1.29, 1.82) is 0 Å². The molecule has 10 rings (SSSR count). The van der Waals surface area contributed by atoms with E-state index in [0.717, 1.165) is 77.0 Å². The van der Waals surface area contributed by atoms with E-state index in [4.69, 9.17) is 0 Å². The van der Waals surface area contributed by atoms with Gasteiger partial charge in [-0.05, 0) is 60.4 Å². The highest BCUT2D eigenvalue weighted by Gasteiger charge is 2.23. The summed E-state index contributed by atoms with van der Waals surface area (Å²) in [5, 5.41) is 11.7. The molecule has 2 saturated heterocycles. The van der Waals surface area contributed by atoms with Crippen LogP contribution in [0.2, 0.25) is 0 Å². The maximum Gasteiger partial charge on any atom is 0.258 e. The van der Waals surface area contributed by atoms with Gasteiger partial charge in [0.05, 0.1) is 17.3 Å². The van der Waals surface area contributed by atoms with Crippen LogP contribution in [-0.2, 0) is 36.2 Å². The molecule has 2 fully saturated rings. The van der Waals surface area contributed by atoms with Crippen molar-refractivity contribution in [2.24, 2.45) is 0 Å². The van der Waals surface area contributed by atoms with E-state index in [1.807, 2.05) is 136 Å². The molecule has 0 atom stereocenters. The summed E-state index contributed by atoms with van der Waals surface area (Å²) in [6.07, 6.45) is 8.58. The molecule has 0 radical (unpaired) electrons. The van der Waals surface area contributed by atoms with Gasteiger partial charge < -0.3 is 25.1 Å². The Kier molecular flexibility index (Phi) is 14.8. The summed E-state index contributed by atoms with van der Waals surface area (Å²) in [7, 11) is -3.13. The van der Waals surface area contributed by atoms with Crippen molar-refractivity contribution in [3.63, 3.8) is 0 Å². The number of benzene rings is 2. The molecule has 17 heteroatoms. The Bertz CT molecular complexity index is 3300. The van der Waals surface area contributed by atoms with Gasteiger partial charge in [0.15, 0.2) is 0 Å². The number of aromatic nitrogens is 6. The lowest BCUT2D eigenvalue weighted by molar-refractivity contribution is 0.182. The van der Waals surface area contributed by atoms with Crippen LogP contribution in [0.3, 0.4) is 0 Å². The van der Waals surface area contributed by atoms with Gasteiger partial charge in [-0.1, -0.05) is 72.8 Å². The lowest BCUT2D eigenvalue weighted by Gasteiger charge is -2.33. The molecule has 0 spiro atoms. The summed E-state index contributed by atoms with van der Waals surface area (Å²) in [6, 6.07) is 35.1. The zero-order valence-corrected chi connectivity index (χ0v) is 40.6. The topological polar surface area (TPSA) is 176 Å². The second kappa shape index (κ2) is 21.6. The monoisotopic (exact) mass is 958 g/mol. The third-order valence-electron chi connectivity index (χ3n) is 12.7. The molecule has 0 unspecified atom stereocenters. The van der Waals surface area contributed by atoms with E-state index in [0.29, 0.717) is 74.4 Å². The van der Waals surface area contributed by atoms with Crippen molar-refractivity contribution >= 4 is 55.1 Å². The number of rotatable bonds is 13. The first-order chi connectivity index (χ1) is 34.0. The van der Waals surface area contributed by atoms with Gasteiger partial charge in [0.1, 0.15) is 23.3 Å². The average Bonchev–Trinajstić information content (AvgIpc) is 3.38. The van der Waals surface area contributed by atoms with Crippen LogP contribution >= 0.6 is 0 Å². The van der Waals surface area contributed by atoms with E-state index in [1.165, 1.54) is 16.1 Å². The van der Waals surface area contributed by atoms with Crippen LogP contribution in [0.15, 0.2) is 144 Å². The minimum atomic E-state index is -3.13. The number of nitrogens with one attached hydrogen (secondary N) is 3. The summed E-state index contributed by atoms with van der Waals surface area (Å²) in [4.78, 5) is 49.3. The molecule has 0 aliphatic carbocycles. The minimum Gasteiger partial charge on any atom is -0.325 e. The number of fused-ring (bicyclic) bond motifs is 2. The van der Waals surface area contributed by atoms with Gasteiger partial charge in [-0.15, -0.1) is 0 Å². The van der Waals surface area contributed by atoms with E-state index in [9.17, 15) is 18.0 Å². The Morgan fingerprint density at radius 1 is 0.529 bits per heavy atom. The van der Waals surface area contributed by atoms with Crippen molar-refractivity contribution in [2.75, 3.05) is 69.2 Å². The first-order valence-electron chi connectivity index (χ1n) is 23.8. The standard InChI is InChI=1S/C27H30N6O3S.C26H28N6O/c1-3-33-24-16-26(29-18-22(24)15-23(27(33)34)21-7-5-4-6-8-21)30-25-10-9-20(17-28-25)19-31-11-13-32(14-12-31)37(2,35)36;1-2-32-23-15-25(29-17-21(23)14-22(26(32)33)20-6-4-3-5-7-20)30-24-9-8-19(16-28-24)18-31-12-10-27-11-13-31/h4-10,15-18H,3,11-14,19H2,1-2H3,(H,28,29,30);3-9,14-17,27H,2,10-13,18H2,1H3,(H,28,29,30). The number of hydrogen-bond acceptors (Lipinski definition) is 13. The molecule has 2 aromatic carbocycles. The highest BCUT2D eigenvalue weighted by molar-refractivity contribution is 7.88. The van der Waals surface area contributed by atoms with E-state index in [2.05, 4.69) is 51.8 Å². The molecule has 2 aliphatic rings. The number of anilines is 4. The number of piperazine rings is 2. The predicted octanol–water partition coefficient (Wildman–Crippen LogP) is 6.93. The van der Waals surface area contributed by atoms with Gasteiger partial charge in [-0.2, -0.15) is 4.31 Å². The molecule has 2 aliphatic heterocycles. The summed E-state index contributed by atoms with van der Waals surface area (Å²) in [6.45, 7) is 13.3. The minimum absolute atomic E-state index is 0.00346. The molecule has 70 heavy (non-hydrogen) atoms. The Hall–Kier alpha value is -7.15. The highest BCUT2D eigenvalue weighted by Crippen LogP contribution is 2.26. The van der Waals surface area contributed by atoms with Gasteiger partial charge in [0.2, 0.25) is 10.0 Å². The second-order valence-electron chi connectivity index (χ2n) is 17.5. The fourth-order valence-electron chi connectivity index (χ4n) is 9.01. The lowest BCUT2D eigenvalue weighted by atomic mass is 10.1. The Balaban J connectivity index is 0.000000175. The normalized spacial score (nSPS) is 14.8. The molecule has 8 aromatic rings. The Labute approximate surface area is 407 Å². The molecular formula is C53H58N12O4S. The predicted molar refractivity (Wildman–Crippen MR) is 279 cm³/mol. The van der Waals surface area contributed by atoms with Crippen LogP contribution in [0, 0.1) is 0 Å². The summed E-state index contributed by atoms with van der Waals surface area (Å²) >= 11 is 0. The second-order valence-corrected chi connectivity index (χ2v) is 19.5. The largest absolute Gasteiger partial charge is 0.325 e. The van der Waals surface area contributed by atoms with Crippen molar-refractivity contribution in [2.45, 2.75) is 40.0 Å². The quantitative estimate of drug-likeness (QED) is 0.109. The van der Waals surface area contributed by atoms with Gasteiger partial charge >= 0.3 is 0 Å². The third kappa shape index (κ3) is 11.3. The Morgan fingerprint density at radius 2 is 0.957 bits per heavy atom. The van der Waals surface area contributed by atoms with E-state index in [1.54, 1.807) is 15.3 Å². The number of hydrogen-bond donors (Lipinski definition) is 3. The van der Waals surface area contributed by atoms with Crippen molar-refractivity contribution in [3.8, 4) is 22.3 Å². The fourth-order valence-corrected chi connectivity index (χ4v) is 9.84. The van der Waals surface area contributed by atoms with Crippen molar-refractivity contribution < 1.29 is 8.42 Å². The van der Waals surface area contributed by atoms with Crippen LogP contribution in [0.1, 0.15) is 25.0 Å². The first kappa shape index (κ1) is 47.9. The van der Waals surface area contributed by atoms with E-state index >= 15 is 0 Å². The summed E-state index contributed by atoms with van der Waals surface area (Å²) in [5.74, 6) is 2.67. The van der Waals surface area contributed by atoms with Crippen LogP contribution in [0.25, 0.3) is 44.1 Å². The van der Waals surface area contributed by atoms with E-state index in [-0.39, 0.29) is 11.1 Å². The van der Waals surface area contributed by atoms with E-state index < -0.39 is 10.0 Å². The maximum absolute atomic E-state index is 13.2. The first-order valence-corrected chi connectivity index (χ1v) is 25.6. The number of sulfonamides is 1. The van der Waals surface area contributed by atoms with Gasteiger partial charge in [0, 0.05) is 137 Å². The average molecular weight is 959 g/mol. The molecule has 0 bridgehead atoms. The summed E-state index contributed by atoms with van der Waals surface area (Å²) in [5.41, 5.74) is 7.05. The summed E-state index contributed by atoms with van der Waals surface area (Å²) < 4.78 is 28.5. The molecule has 0 saturated carbocycles. The zero-order chi connectivity index (χ0) is 48.6. The van der Waals surface area contributed by atoms with Crippen LogP contribution in [0.4, 0.5) is 23.3 Å². The Morgan fingerprint density at radius 3 is 1.36 bits per heavy atom. The van der Waals surface area contributed by atoms with Gasteiger partial charge in [0.25, 0.3) is 11.1 Å². The molecule has 3 N–H and O–H groups in total. The van der Waals surface area contributed by atoms with Crippen LogP contribution in [0.5, 0.6) is 0 Å². The molecule has 6 aromatic heterocycles. The number of aryl methyl sites for hydroxylation is 2. The van der Waals surface area contributed by atoms with Crippen molar-refractivity contribution in [1.82, 2.24) is 48.5 Å². The fraction of sp³-hybridized carbons (Fsp3) is 0.283. The van der Waals surface area contributed by atoms with Gasteiger partial charge in [-0.3, -0.25) is 19.4 Å².